The summed E-state index contributed by atoms with van der Waals surface area (Å²) in [6.45, 7) is 11.5. The van der Waals surface area contributed by atoms with Crippen molar-refractivity contribution in [2.75, 3.05) is 32.8 Å². The Morgan fingerprint density at radius 2 is 1.71 bits per heavy atom. The first-order valence-electron chi connectivity index (χ1n) is 14.0. The minimum Gasteiger partial charge on any atom is -0.466 e. The molecular formula is C27H45N3O5. The topological polar surface area (TPSA) is 71.6 Å². The van der Waals surface area contributed by atoms with Gasteiger partial charge in [0.25, 0.3) is 0 Å². The smallest absolute Gasteiger partial charge is 0.411 e. The van der Waals surface area contributed by atoms with Crippen LogP contribution in [-0.2, 0) is 19.0 Å². The van der Waals surface area contributed by atoms with Crippen LogP contribution in [0.4, 0.5) is 4.79 Å². The molecule has 0 spiro atoms. The third-order valence-electron chi connectivity index (χ3n) is 8.75. The summed E-state index contributed by atoms with van der Waals surface area (Å²) in [5, 5.41) is 0. The Balaban J connectivity index is 1.28. The number of carbonyl (C=O) groups is 2. The number of carbonyl (C=O) groups excluding carboxylic acids is 2. The number of rotatable bonds is 7. The first-order chi connectivity index (χ1) is 16.7. The van der Waals surface area contributed by atoms with Gasteiger partial charge in [0, 0.05) is 37.8 Å². The maximum absolute atomic E-state index is 13.4. The predicted molar refractivity (Wildman–Crippen MR) is 132 cm³/mol. The number of fused-ring (bicyclic) bond motifs is 2. The molecule has 3 heterocycles. The van der Waals surface area contributed by atoms with E-state index in [1.165, 1.54) is 19.3 Å². The van der Waals surface area contributed by atoms with Gasteiger partial charge in [0.2, 0.25) is 0 Å². The minimum absolute atomic E-state index is 0.00349. The van der Waals surface area contributed by atoms with E-state index in [-0.39, 0.29) is 24.1 Å². The van der Waals surface area contributed by atoms with Crippen molar-refractivity contribution in [1.29, 1.82) is 0 Å². The molecule has 5 fully saturated rings. The molecule has 0 N–H and O–H groups in total. The van der Waals surface area contributed by atoms with Gasteiger partial charge in [-0.3, -0.25) is 19.5 Å². The summed E-state index contributed by atoms with van der Waals surface area (Å²) in [7, 11) is 0. The molecule has 2 saturated carbocycles. The van der Waals surface area contributed by atoms with Gasteiger partial charge in [-0.05, 0) is 85.5 Å². The highest BCUT2D eigenvalue weighted by Gasteiger charge is 2.58. The normalized spacial score (nSPS) is 36.1. The number of hydrogen-bond donors (Lipinski definition) is 0. The third kappa shape index (κ3) is 5.21. The van der Waals surface area contributed by atoms with Gasteiger partial charge < -0.3 is 14.2 Å². The average Bonchev–Trinajstić information content (AvgIpc) is 3.24. The van der Waals surface area contributed by atoms with Crippen LogP contribution in [0.5, 0.6) is 0 Å². The van der Waals surface area contributed by atoms with Crippen LogP contribution >= 0.6 is 0 Å². The predicted octanol–water partition coefficient (Wildman–Crippen LogP) is 3.77. The zero-order chi connectivity index (χ0) is 24.8. The molecule has 0 unspecified atom stereocenters. The molecule has 5 aliphatic rings. The van der Waals surface area contributed by atoms with E-state index in [1.807, 2.05) is 32.6 Å². The van der Waals surface area contributed by atoms with Crippen LogP contribution < -0.4 is 0 Å². The number of amides is 1. The molecule has 0 aromatic rings. The lowest BCUT2D eigenvalue weighted by molar-refractivity contribution is -0.152. The van der Waals surface area contributed by atoms with Crippen LogP contribution in [0.2, 0.25) is 0 Å². The molecule has 3 aliphatic heterocycles. The van der Waals surface area contributed by atoms with Crippen molar-refractivity contribution in [3.05, 3.63) is 0 Å². The van der Waals surface area contributed by atoms with Crippen LogP contribution in [0.3, 0.4) is 0 Å². The Kier molecular flexibility index (Phi) is 7.09. The lowest BCUT2D eigenvalue weighted by Gasteiger charge is -2.50. The van der Waals surface area contributed by atoms with E-state index in [9.17, 15) is 9.59 Å². The van der Waals surface area contributed by atoms with Crippen molar-refractivity contribution in [2.24, 2.45) is 5.92 Å². The van der Waals surface area contributed by atoms with Gasteiger partial charge in [0.15, 0.2) is 0 Å². The Labute approximate surface area is 210 Å². The fraction of sp³-hybridized carbons (Fsp3) is 0.926. The maximum atomic E-state index is 13.4. The highest BCUT2D eigenvalue weighted by atomic mass is 16.6. The van der Waals surface area contributed by atoms with Gasteiger partial charge in [0.05, 0.1) is 25.2 Å². The average molecular weight is 492 g/mol. The van der Waals surface area contributed by atoms with Crippen LogP contribution in [-0.4, -0.2) is 95.1 Å². The Hall–Kier alpha value is -1.38. The standard InChI is InChI=1S/C27H45N3O5/c1-5-33-24(31)19-7-11-23(12-8-19)34-18-27(13-6-14-29(27)25(32)35-26(2,3)4)30-17-21-15-22(30)16-28(21)20-9-10-20/h19-23H,5-18H2,1-4H3/t19?,21-,22-,23?,27+/m0/s1. The monoisotopic (exact) mass is 491 g/mol. The van der Waals surface area contributed by atoms with E-state index in [0.717, 1.165) is 57.7 Å². The number of piperazine rings is 1. The Bertz CT molecular complexity index is 788. The molecule has 1 amide bonds. The zero-order valence-corrected chi connectivity index (χ0v) is 22.2. The largest absolute Gasteiger partial charge is 0.466 e. The SMILES string of the molecule is CCOC(=O)C1CCC(OC[C@]2(N3C[C@@H]4C[C@H]3CN4C3CC3)CCCN2C(=O)OC(C)(C)C)CC1. The Morgan fingerprint density at radius 1 is 0.971 bits per heavy atom. The lowest BCUT2D eigenvalue weighted by Crippen LogP contribution is -2.66. The van der Waals surface area contributed by atoms with E-state index in [2.05, 4.69) is 9.80 Å². The quantitative estimate of drug-likeness (QED) is 0.502. The van der Waals surface area contributed by atoms with Crippen LogP contribution in [0, 0.1) is 5.92 Å². The second-order valence-electron chi connectivity index (χ2n) is 12.4. The van der Waals surface area contributed by atoms with E-state index in [1.54, 1.807) is 0 Å². The van der Waals surface area contributed by atoms with Crippen molar-refractivity contribution in [2.45, 2.75) is 121 Å². The van der Waals surface area contributed by atoms with Crippen molar-refractivity contribution >= 4 is 12.1 Å². The second-order valence-corrected chi connectivity index (χ2v) is 12.4. The van der Waals surface area contributed by atoms with Gasteiger partial charge in [-0.1, -0.05) is 0 Å². The molecule has 8 nitrogen and oxygen atoms in total. The highest BCUT2D eigenvalue weighted by Crippen LogP contribution is 2.46. The fourth-order valence-corrected chi connectivity index (χ4v) is 7.01. The maximum Gasteiger partial charge on any atom is 0.411 e. The number of hydrogen-bond acceptors (Lipinski definition) is 7. The second kappa shape index (κ2) is 9.82. The summed E-state index contributed by atoms with van der Waals surface area (Å²) < 4.78 is 17.7. The Morgan fingerprint density at radius 3 is 2.31 bits per heavy atom. The van der Waals surface area contributed by atoms with Crippen molar-refractivity contribution in [1.82, 2.24) is 14.7 Å². The van der Waals surface area contributed by atoms with Gasteiger partial charge >= 0.3 is 12.1 Å². The van der Waals surface area contributed by atoms with Gasteiger partial charge in [0.1, 0.15) is 11.3 Å². The number of esters is 1. The molecule has 3 atom stereocenters. The molecule has 0 aromatic carbocycles. The van der Waals surface area contributed by atoms with Crippen molar-refractivity contribution in [3.8, 4) is 0 Å². The van der Waals surface area contributed by atoms with E-state index < -0.39 is 11.3 Å². The molecule has 0 aromatic heterocycles. The number of nitrogens with zero attached hydrogens (tertiary/aromatic N) is 3. The van der Waals surface area contributed by atoms with Gasteiger partial charge in [-0.2, -0.15) is 0 Å². The van der Waals surface area contributed by atoms with Gasteiger partial charge in [-0.25, -0.2) is 4.79 Å². The first-order valence-corrected chi connectivity index (χ1v) is 14.0. The van der Waals surface area contributed by atoms with Crippen molar-refractivity contribution < 1.29 is 23.8 Å². The summed E-state index contributed by atoms with van der Waals surface area (Å²) in [5.74, 6) is -0.0705. The van der Waals surface area contributed by atoms with Crippen LogP contribution in [0.15, 0.2) is 0 Å². The lowest BCUT2D eigenvalue weighted by atomic mass is 9.87. The van der Waals surface area contributed by atoms with Crippen LogP contribution in [0.25, 0.3) is 0 Å². The summed E-state index contributed by atoms with van der Waals surface area (Å²) in [6, 6.07) is 1.87. The molecule has 3 saturated heterocycles. The molecule has 35 heavy (non-hydrogen) atoms. The summed E-state index contributed by atoms with van der Waals surface area (Å²) in [6.07, 6.45) is 9.06. The fourth-order valence-electron chi connectivity index (χ4n) is 7.01. The van der Waals surface area contributed by atoms with E-state index in [4.69, 9.17) is 14.2 Å². The van der Waals surface area contributed by atoms with Crippen LogP contribution in [0.1, 0.15) is 85.5 Å². The highest BCUT2D eigenvalue weighted by molar-refractivity contribution is 5.72. The minimum atomic E-state index is -0.523. The summed E-state index contributed by atoms with van der Waals surface area (Å²) >= 11 is 0. The summed E-state index contributed by atoms with van der Waals surface area (Å²) in [5.41, 5.74) is -0.958. The zero-order valence-electron chi connectivity index (χ0n) is 22.2. The third-order valence-corrected chi connectivity index (χ3v) is 8.75. The summed E-state index contributed by atoms with van der Waals surface area (Å²) in [4.78, 5) is 32.9. The van der Waals surface area contributed by atoms with E-state index in [0.29, 0.717) is 31.8 Å². The molecular weight excluding hydrogens is 446 g/mol. The molecule has 198 valence electrons. The molecule has 2 aliphatic carbocycles. The van der Waals surface area contributed by atoms with E-state index >= 15 is 0 Å². The molecule has 8 heteroatoms. The number of ether oxygens (including phenoxy) is 3. The molecule has 5 rings (SSSR count). The molecule has 2 bridgehead atoms. The molecule has 0 radical (unpaired) electrons. The van der Waals surface area contributed by atoms with Crippen molar-refractivity contribution in [3.63, 3.8) is 0 Å². The van der Waals surface area contributed by atoms with Gasteiger partial charge in [-0.15, -0.1) is 0 Å². The number of likely N-dealkylation sites (tertiary alicyclic amines) is 3. The first kappa shape index (κ1) is 25.3.